The quantitative estimate of drug-likeness (QED) is 0.407. The van der Waals surface area contributed by atoms with Crippen LogP contribution in [0.25, 0.3) is 0 Å². The maximum atomic E-state index is 12.7. The molecular weight excluding hydrogens is 453 g/mol. The molecule has 1 amide bonds. The van der Waals surface area contributed by atoms with Crippen molar-refractivity contribution in [2.75, 3.05) is 0 Å². The predicted molar refractivity (Wildman–Crippen MR) is 114 cm³/mol. The fourth-order valence-corrected chi connectivity index (χ4v) is 3.26. The van der Waals surface area contributed by atoms with Gasteiger partial charge in [-0.05, 0) is 42.7 Å². The van der Waals surface area contributed by atoms with E-state index in [1.165, 1.54) is 36.9 Å². The Hall–Kier alpha value is -3.70. The second-order valence-electron chi connectivity index (χ2n) is 7.72. The molecule has 1 fully saturated rings. The maximum absolute atomic E-state index is 12.7. The predicted octanol–water partition coefficient (Wildman–Crippen LogP) is 3.60. The van der Waals surface area contributed by atoms with Crippen LogP contribution in [0.3, 0.4) is 0 Å². The zero-order valence-electron chi connectivity index (χ0n) is 17.7. The molecule has 2 aromatic carbocycles. The summed E-state index contributed by atoms with van der Waals surface area (Å²) in [5.41, 5.74) is 0.355. The van der Waals surface area contributed by atoms with Crippen LogP contribution in [-0.4, -0.2) is 32.9 Å². The molecule has 1 saturated carbocycles. The number of hydrogen-bond acceptors (Lipinski definition) is 7. The zero-order chi connectivity index (χ0) is 24.2. The highest BCUT2D eigenvalue weighted by Gasteiger charge is 2.50. The molecule has 1 aliphatic carbocycles. The number of carbonyl (C=O) groups excluding carboxylic acids is 1. The van der Waals surface area contributed by atoms with Crippen LogP contribution in [0.4, 0.5) is 13.2 Å². The molecule has 4 rings (SSSR count). The van der Waals surface area contributed by atoms with Crippen LogP contribution >= 0.6 is 0 Å². The lowest BCUT2D eigenvalue weighted by molar-refractivity contribution is -0.275. The minimum Gasteiger partial charge on any atom is -0.453 e. The lowest BCUT2D eigenvalue weighted by Gasteiger charge is -2.21. The smallest absolute Gasteiger partial charge is 0.453 e. The van der Waals surface area contributed by atoms with Gasteiger partial charge in [0.05, 0.1) is 0 Å². The number of aromatic nitrogens is 2. The molecule has 3 N–H and O–H groups in total. The van der Waals surface area contributed by atoms with Gasteiger partial charge < -0.3 is 19.9 Å². The van der Waals surface area contributed by atoms with Gasteiger partial charge in [0, 0.05) is 24.5 Å². The van der Waals surface area contributed by atoms with Gasteiger partial charge in [0.15, 0.2) is 11.5 Å². The van der Waals surface area contributed by atoms with E-state index in [1.54, 1.807) is 24.3 Å². The lowest BCUT2D eigenvalue weighted by Crippen LogP contribution is -2.47. The van der Waals surface area contributed by atoms with Crippen LogP contribution in [0.1, 0.15) is 30.2 Å². The number of ether oxygens (including phenoxy) is 2. The number of halogens is 3. The van der Waals surface area contributed by atoms with E-state index in [2.05, 4.69) is 25.3 Å². The number of benzene rings is 2. The number of nitrogens with zero attached hydrogens (tertiary/aromatic N) is 2. The Morgan fingerprint density at radius 2 is 1.71 bits per heavy atom. The summed E-state index contributed by atoms with van der Waals surface area (Å²) in [5.74, 6) is -0.466. The van der Waals surface area contributed by atoms with E-state index in [0.717, 1.165) is 11.6 Å². The Morgan fingerprint density at radius 1 is 1.06 bits per heavy atom. The molecule has 0 spiro atoms. The van der Waals surface area contributed by atoms with Crippen molar-refractivity contribution in [2.24, 2.45) is 0 Å². The van der Waals surface area contributed by atoms with Crippen LogP contribution in [0.15, 0.2) is 67.3 Å². The highest BCUT2D eigenvalue weighted by Crippen LogP contribution is 2.38. The molecule has 178 valence electrons. The number of amides is 1. The van der Waals surface area contributed by atoms with Gasteiger partial charge in [0.2, 0.25) is 5.91 Å². The molecule has 1 heterocycles. The Labute approximate surface area is 192 Å². The Kier molecular flexibility index (Phi) is 6.66. The first kappa shape index (κ1) is 23.5. The van der Waals surface area contributed by atoms with Crippen molar-refractivity contribution in [2.45, 2.75) is 37.5 Å². The van der Waals surface area contributed by atoms with Crippen molar-refractivity contribution in [3.8, 4) is 17.2 Å². The fraction of sp³-hybridized carbons (Fsp3) is 0.261. The maximum Gasteiger partial charge on any atom is 0.573 e. The van der Waals surface area contributed by atoms with Crippen LogP contribution in [0, 0.1) is 0 Å². The van der Waals surface area contributed by atoms with Gasteiger partial charge in [-0.25, -0.2) is 9.97 Å². The number of alkyl halides is 3. The summed E-state index contributed by atoms with van der Waals surface area (Å²) in [6.45, 7) is 0.223. The van der Waals surface area contributed by atoms with Gasteiger partial charge >= 0.3 is 6.36 Å². The summed E-state index contributed by atoms with van der Waals surface area (Å²) in [6, 6.07) is 12.0. The molecule has 0 radical (unpaired) electrons. The SMILES string of the molecule is O=C(NCc1ccc(Oc2ccccc2OC(F)(F)F)cc1)C1(NC(O)c2cncnc2)CC1. The van der Waals surface area contributed by atoms with Gasteiger partial charge in [-0.15, -0.1) is 13.2 Å². The van der Waals surface area contributed by atoms with Crippen molar-refractivity contribution in [1.82, 2.24) is 20.6 Å². The minimum atomic E-state index is -4.83. The highest BCUT2D eigenvalue weighted by atomic mass is 19.4. The average Bonchev–Trinajstić information content (AvgIpc) is 3.60. The molecule has 1 atom stereocenters. The topological polar surface area (TPSA) is 106 Å². The summed E-state index contributed by atoms with van der Waals surface area (Å²) in [6.07, 6.45) is -0.464. The van der Waals surface area contributed by atoms with Crippen molar-refractivity contribution < 1.29 is 32.5 Å². The van der Waals surface area contributed by atoms with Gasteiger partial charge in [0.25, 0.3) is 0 Å². The van der Waals surface area contributed by atoms with Crippen LogP contribution < -0.4 is 20.1 Å². The number of para-hydroxylation sites is 2. The Bertz CT molecular complexity index is 1120. The summed E-state index contributed by atoms with van der Waals surface area (Å²) < 4.78 is 47.2. The number of aliphatic hydroxyl groups is 1. The van der Waals surface area contributed by atoms with Gasteiger partial charge in [-0.1, -0.05) is 24.3 Å². The number of carbonyl (C=O) groups is 1. The molecule has 8 nitrogen and oxygen atoms in total. The second-order valence-corrected chi connectivity index (χ2v) is 7.72. The third-order valence-corrected chi connectivity index (χ3v) is 5.17. The first-order chi connectivity index (χ1) is 16.2. The summed E-state index contributed by atoms with van der Waals surface area (Å²) in [5, 5.41) is 16.1. The molecule has 11 heteroatoms. The summed E-state index contributed by atoms with van der Waals surface area (Å²) >= 11 is 0. The third-order valence-electron chi connectivity index (χ3n) is 5.17. The van der Waals surface area contributed by atoms with Gasteiger partial charge in [0.1, 0.15) is 23.8 Å². The zero-order valence-corrected chi connectivity index (χ0v) is 17.7. The molecule has 1 aliphatic rings. The number of hydrogen-bond donors (Lipinski definition) is 3. The fourth-order valence-electron chi connectivity index (χ4n) is 3.26. The second kappa shape index (κ2) is 9.65. The standard InChI is InChI=1S/C23H21F3N4O4/c24-23(25,26)34-19-4-2-1-3-18(19)33-17-7-5-15(6-8-17)11-29-21(32)22(9-10-22)30-20(31)16-12-27-14-28-13-16/h1-8,12-14,20,30-31H,9-11H2,(H,29,32). The number of nitrogens with one attached hydrogen (secondary N) is 2. The van der Waals surface area contributed by atoms with Gasteiger partial charge in [-0.3, -0.25) is 10.1 Å². The molecule has 3 aromatic rings. The highest BCUT2D eigenvalue weighted by molar-refractivity contribution is 5.89. The van der Waals surface area contributed by atoms with Crippen LogP contribution in [0.5, 0.6) is 17.2 Å². The van der Waals surface area contributed by atoms with Crippen molar-refractivity contribution in [1.29, 1.82) is 0 Å². The minimum absolute atomic E-state index is 0.0787. The Balaban J connectivity index is 1.32. The number of aliphatic hydroxyl groups excluding tert-OH is 1. The Morgan fingerprint density at radius 3 is 2.32 bits per heavy atom. The average molecular weight is 474 g/mol. The first-order valence-corrected chi connectivity index (χ1v) is 10.3. The van der Waals surface area contributed by atoms with Crippen LogP contribution in [0.2, 0.25) is 0 Å². The van der Waals surface area contributed by atoms with Crippen LogP contribution in [-0.2, 0) is 11.3 Å². The van der Waals surface area contributed by atoms with Crippen molar-refractivity contribution >= 4 is 5.91 Å². The molecule has 0 aliphatic heterocycles. The van der Waals surface area contributed by atoms with Crippen molar-refractivity contribution in [3.05, 3.63) is 78.4 Å². The van der Waals surface area contributed by atoms with E-state index >= 15 is 0 Å². The molecule has 1 aromatic heterocycles. The van der Waals surface area contributed by atoms with E-state index in [-0.39, 0.29) is 18.2 Å². The summed E-state index contributed by atoms with van der Waals surface area (Å²) in [4.78, 5) is 20.4. The third kappa shape index (κ3) is 6.00. The summed E-state index contributed by atoms with van der Waals surface area (Å²) in [7, 11) is 0. The first-order valence-electron chi connectivity index (χ1n) is 10.3. The van der Waals surface area contributed by atoms with E-state index in [1.807, 2.05) is 0 Å². The molecule has 0 saturated heterocycles. The molecule has 1 unspecified atom stereocenters. The van der Waals surface area contributed by atoms with E-state index < -0.39 is 23.9 Å². The molecular formula is C23H21F3N4O4. The van der Waals surface area contributed by atoms with Crippen molar-refractivity contribution in [3.63, 3.8) is 0 Å². The molecule has 0 bridgehead atoms. The molecule has 34 heavy (non-hydrogen) atoms. The van der Waals surface area contributed by atoms with E-state index in [4.69, 9.17) is 4.74 Å². The van der Waals surface area contributed by atoms with E-state index in [0.29, 0.717) is 24.2 Å². The largest absolute Gasteiger partial charge is 0.573 e. The monoisotopic (exact) mass is 474 g/mol. The number of rotatable bonds is 9. The van der Waals surface area contributed by atoms with Gasteiger partial charge in [-0.2, -0.15) is 0 Å². The normalized spacial score (nSPS) is 15.3. The van der Waals surface area contributed by atoms with E-state index in [9.17, 15) is 23.1 Å². The lowest BCUT2D eigenvalue weighted by atomic mass is 10.1.